The summed E-state index contributed by atoms with van der Waals surface area (Å²) in [6.45, 7) is 4.67. The number of rotatable bonds is 9. The minimum Gasteiger partial charge on any atom is -0.490 e. The zero-order valence-electron chi connectivity index (χ0n) is 20.0. The summed E-state index contributed by atoms with van der Waals surface area (Å²) in [6, 6.07) is 22.1. The maximum absolute atomic E-state index is 13.2. The van der Waals surface area contributed by atoms with Crippen molar-refractivity contribution < 1.29 is 19.0 Å². The zero-order chi connectivity index (χ0) is 25.5. The van der Waals surface area contributed by atoms with Crippen molar-refractivity contribution >= 4 is 40.6 Å². The lowest BCUT2D eigenvalue weighted by atomic mass is 9.92. The molecule has 1 aliphatic rings. The van der Waals surface area contributed by atoms with Crippen molar-refractivity contribution in [1.82, 2.24) is 10.6 Å². The summed E-state index contributed by atoms with van der Waals surface area (Å²) in [7, 11) is 0. The van der Waals surface area contributed by atoms with Crippen LogP contribution in [0, 0.1) is 0 Å². The fourth-order valence-electron chi connectivity index (χ4n) is 3.94. The summed E-state index contributed by atoms with van der Waals surface area (Å²) in [5.74, 6) is 0.695. The maximum atomic E-state index is 13.2. The molecule has 6 nitrogen and oxygen atoms in total. The van der Waals surface area contributed by atoms with Gasteiger partial charge in [-0.2, -0.15) is 0 Å². The Labute approximate surface area is 221 Å². The number of ether oxygens (including phenoxy) is 3. The van der Waals surface area contributed by atoms with Crippen molar-refractivity contribution in [3.63, 3.8) is 0 Å². The fourth-order valence-corrected chi connectivity index (χ4v) is 4.35. The Morgan fingerprint density at radius 1 is 0.944 bits per heavy atom. The second-order valence-corrected chi connectivity index (χ2v) is 8.74. The Hall–Kier alpha value is -3.55. The first-order chi connectivity index (χ1) is 17.5. The van der Waals surface area contributed by atoms with Gasteiger partial charge in [0.2, 0.25) is 0 Å². The van der Waals surface area contributed by atoms with Gasteiger partial charge >= 0.3 is 5.97 Å². The van der Waals surface area contributed by atoms with Crippen LogP contribution >= 0.6 is 23.8 Å². The summed E-state index contributed by atoms with van der Waals surface area (Å²) in [5.41, 5.74) is 3.53. The Kier molecular flexibility index (Phi) is 8.46. The highest BCUT2D eigenvalue weighted by Crippen LogP contribution is 2.37. The van der Waals surface area contributed by atoms with Gasteiger partial charge in [-0.25, -0.2) is 4.79 Å². The van der Waals surface area contributed by atoms with Crippen LogP contribution in [-0.2, 0) is 16.1 Å². The monoisotopic (exact) mass is 522 g/mol. The van der Waals surface area contributed by atoms with Crippen LogP contribution < -0.4 is 20.1 Å². The molecule has 3 aromatic rings. The van der Waals surface area contributed by atoms with E-state index in [1.54, 1.807) is 6.92 Å². The van der Waals surface area contributed by atoms with Gasteiger partial charge in [-0.1, -0.05) is 66.2 Å². The first kappa shape index (κ1) is 25.5. The Morgan fingerprint density at radius 3 is 2.42 bits per heavy atom. The van der Waals surface area contributed by atoms with Crippen molar-refractivity contribution in [1.29, 1.82) is 0 Å². The van der Waals surface area contributed by atoms with Gasteiger partial charge in [-0.3, -0.25) is 0 Å². The summed E-state index contributed by atoms with van der Waals surface area (Å²) in [5, 5.41) is 7.41. The normalized spacial score (nSPS) is 15.1. The highest BCUT2D eigenvalue weighted by molar-refractivity contribution is 7.80. The van der Waals surface area contributed by atoms with Crippen LogP contribution in [0.15, 0.2) is 78.4 Å². The molecule has 0 spiro atoms. The van der Waals surface area contributed by atoms with E-state index in [0.29, 0.717) is 46.1 Å². The van der Waals surface area contributed by atoms with Gasteiger partial charge in [0.1, 0.15) is 6.61 Å². The molecule has 36 heavy (non-hydrogen) atoms. The molecular weight excluding hydrogens is 496 g/mol. The van der Waals surface area contributed by atoms with Crippen molar-refractivity contribution in [3.8, 4) is 11.5 Å². The summed E-state index contributed by atoms with van der Waals surface area (Å²) < 4.78 is 17.4. The maximum Gasteiger partial charge on any atom is 0.338 e. The van der Waals surface area contributed by atoms with Crippen LogP contribution in [0.4, 0.5) is 0 Å². The van der Waals surface area contributed by atoms with Crippen LogP contribution in [0.25, 0.3) is 5.70 Å². The Balaban J connectivity index is 1.73. The van der Waals surface area contributed by atoms with Gasteiger partial charge in [0.25, 0.3) is 0 Å². The predicted molar refractivity (Wildman–Crippen MR) is 145 cm³/mol. The minimum atomic E-state index is -0.551. The molecule has 0 amide bonds. The summed E-state index contributed by atoms with van der Waals surface area (Å²) >= 11 is 11.8. The second kappa shape index (κ2) is 11.9. The molecule has 0 unspecified atom stereocenters. The van der Waals surface area contributed by atoms with Gasteiger partial charge in [0.15, 0.2) is 16.6 Å². The van der Waals surface area contributed by atoms with E-state index in [1.165, 1.54) is 0 Å². The van der Waals surface area contributed by atoms with Gasteiger partial charge in [0.05, 0.1) is 30.5 Å². The van der Waals surface area contributed by atoms with E-state index in [0.717, 1.165) is 16.7 Å². The molecule has 186 valence electrons. The smallest absolute Gasteiger partial charge is 0.338 e. The average molecular weight is 523 g/mol. The first-order valence-electron chi connectivity index (χ1n) is 11.7. The number of carbonyl (C=O) groups is 1. The lowest BCUT2D eigenvalue weighted by molar-refractivity contribution is -0.138. The lowest BCUT2D eigenvalue weighted by Gasteiger charge is -2.31. The molecule has 1 aliphatic heterocycles. The van der Waals surface area contributed by atoms with Crippen molar-refractivity contribution in [2.75, 3.05) is 13.2 Å². The van der Waals surface area contributed by atoms with Crippen molar-refractivity contribution in [2.45, 2.75) is 26.5 Å². The van der Waals surface area contributed by atoms with E-state index in [2.05, 4.69) is 10.6 Å². The minimum absolute atomic E-state index is 0.251. The first-order valence-corrected chi connectivity index (χ1v) is 12.5. The molecule has 1 atom stereocenters. The van der Waals surface area contributed by atoms with Crippen LogP contribution in [0.1, 0.15) is 36.6 Å². The predicted octanol–water partition coefficient (Wildman–Crippen LogP) is 5.81. The van der Waals surface area contributed by atoms with Gasteiger partial charge < -0.3 is 24.8 Å². The van der Waals surface area contributed by atoms with E-state index in [9.17, 15) is 4.79 Å². The lowest BCUT2D eigenvalue weighted by Crippen LogP contribution is -2.45. The zero-order valence-corrected chi connectivity index (χ0v) is 21.6. The number of halogens is 1. The third-order valence-corrected chi connectivity index (χ3v) is 6.16. The average Bonchev–Trinajstić information content (AvgIpc) is 2.89. The standard InChI is InChI=1S/C28H27ClN2O4S/c1-3-33-23-16-19(14-15-22(23)35-17-20-12-8-9-13-21(20)29)26-24(27(32)34-4-2)25(30-28(36)31-26)18-10-6-5-7-11-18/h5-16,26H,3-4,17H2,1-2H3,(H2,30,31,36)/t26-/m0/s1. The van der Waals surface area contributed by atoms with Crippen LogP contribution in [0.3, 0.4) is 0 Å². The Morgan fingerprint density at radius 2 is 1.69 bits per heavy atom. The highest BCUT2D eigenvalue weighted by atomic mass is 35.5. The van der Waals surface area contributed by atoms with Gasteiger partial charge in [0, 0.05) is 10.6 Å². The fraction of sp³-hybridized carbons (Fsp3) is 0.214. The van der Waals surface area contributed by atoms with Crippen LogP contribution in [0.2, 0.25) is 5.02 Å². The van der Waals surface area contributed by atoms with Crippen molar-refractivity contribution in [3.05, 3.63) is 100 Å². The Bertz CT molecular complexity index is 1280. The number of nitrogens with one attached hydrogen (secondary N) is 2. The van der Waals surface area contributed by atoms with E-state index in [4.69, 9.17) is 38.0 Å². The molecule has 2 N–H and O–H groups in total. The van der Waals surface area contributed by atoms with E-state index in [1.807, 2.05) is 79.7 Å². The summed E-state index contributed by atoms with van der Waals surface area (Å²) in [4.78, 5) is 13.2. The molecule has 3 aromatic carbocycles. The van der Waals surface area contributed by atoms with Gasteiger partial charge in [-0.15, -0.1) is 0 Å². The molecule has 4 rings (SSSR count). The largest absolute Gasteiger partial charge is 0.490 e. The number of hydrogen-bond donors (Lipinski definition) is 2. The third-order valence-electron chi connectivity index (χ3n) is 5.57. The number of esters is 1. The van der Waals surface area contributed by atoms with Crippen LogP contribution in [-0.4, -0.2) is 24.3 Å². The molecule has 0 radical (unpaired) electrons. The molecule has 0 saturated carbocycles. The molecule has 0 bridgehead atoms. The van der Waals surface area contributed by atoms with Gasteiger partial charge in [-0.05, 0) is 55.4 Å². The van der Waals surface area contributed by atoms with Crippen LogP contribution in [0.5, 0.6) is 11.5 Å². The molecule has 0 saturated heterocycles. The van der Waals surface area contributed by atoms with Crippen molar-refractivity contribution in [2.24, 2.45) is 0 Å². The quantitative estimate of drug-likeness (QED) is 0.271. The number of hydrogen-bond acceptors (Lipinski definition) is 5. The van der Waals surface area contributed by atoms with E-state index >= 15 is 0 Å². The molecule has 8 heteroatoms. The summed E-state index contributed by atoms with van der Waals surface area (Å²) in [6.07, 6.45) is 0. The molecule has 0 aromatic heterocycles. The SMILES string of the molecule is CCOC(=O)C1=C(c2ccccc2)NC(=S)N[C@H]1c1ccc(OCc2ccccc2Cl)c(OCC)c1. The van der Waals surface area contributed by atoms with E-state index in [-0.39, 0.29) is 6.61 Å². The molecule has 0 aliphatic carbocycles. The molecule has 1 heterocycles. The third kappa shape index (κ3) is 5.80. The number of benzene rings is 3. The molecule has 0 fully saturated rings. The topological polar surface area (TPSA) is 68.8 Å². The highest BCUT2D eigenvalue weighted by Gasteiger charge is 2.33. The number of carbonyl (C=O) groups excluding carboxylic acids is 1. The second-order valence-electron chi connectivity index (χ2n) is 7.93. The number of thiocarbonyl (C=S) groups is 1. The molecular formula is C28H27ClN2O4S. The van der Waals surface area contributed by atoms with E-state index < -0.39 is 12.0 Å².